The minimum Gasteiger partial charge on any atom is -0.293 e. The van der Waals surface area contributed by atoms with E-state index in [9.17, 15) is 9.18 Å². The number of ketones is 1. The van der Waals surface area contributed by atoms with Gasteiger partial charge in [0.25, 0.3) is 0 Å². The number of halogens is 1. The van der Waals surface area contributed by atoms with Crippen LogP contribution < -0.4 is 0 Å². The summed E-state index contributed by atoms with van der Waals surface area (Å²) in [5.41, 5.74) is 1.60. The van der Waals surface area contributed by atoms with E-state index in [1.54, 1.807) is 12.1 Å². The van der Waals surface area contributed by atoms with Crippen LogP contribution in [0.15, 0.2) is 54.6 Å². The number of likely N-dealkylation sites (N-methyl/N-ethyl adjacent to an activating group) is 1. The third-order valence-electron chi connectivity index (χ3n) is 3.21. The van der Waals surface area contributed by atoms with E-state index in [-0.39, 0.29) is 11.6 Å². The van der Waals surface area contributed by atoms with Crippen molar-refractivity contribution in [1.29, 1.82) is 0 Å². The maximum atomic E-state index is 13.1. The normalized spacial score (nSPS) is 10.8. The zero-order chi connectivity index (χ0) is 14.4. The third-order valence-corrected chi connectivity index (χ3v) is 3.21. The summed E-state index contributed by atoms with van der Waals surface area (Å²) in [6, 6.07) is 15.9. The van der Waals surface area contributed by atoms with Crippen molar-refractivity contribution in [3.63, 3.8) is 0 Å². The zero-order valence-electron chi connectivity index (χ0n) is 11.6. The maximum Gasteiger partial charge on any atom is 0.176 e. The summed E-state index contributed by atoms with van der Waals surface area (Å²) in [5, 5.41) is 0. The number of rotatable bonds is 6. The fraction of sp³-hybridized carbons (Fsp3) is 0.235. The first-order valence-electron chi connectivity index (χ1n) is 6.74. The average molecular weight is 271 g/mol. The van der Waals surface area contributed by atoms with Crippen LogP contribution in [0.5, 0.6) is 0 Å². The van der Waals surface area contributed by atoms with Gasteiger partial charge in [0.2, 0.25) is 0 Å². The maximum absolute atomic E-state index is 13.1. The summed E-state index contributed by atoms with van der Waals surface area (Å²) in [6.07, 6.45) is 0. The molecule has 0 aromatic heterocycles. The lowest BCUT2D eigenvalue weighted by Crippen LogP contribution is -2.29. The van der Waals surface area contributed by atoms with Crippen LogP contribution in [0.2, 0.25) is 0 Å². The van der Waals surface area contributed by atoms with Crippen molar-refractivity contribution < 1.29 is 9.18 Å². The molecule has 2 rings (SSSR count). The summed E-state index contributed by atoms with van der Waals surface area (Å²) in [5.74, 6) is -0.427. The lowest BCUT2D eigenvalue weighted by atomic mass is 10.1. The highest BCUT2D eigenvalue weighted by Crippen LogP contribution is 2.08. The lowest BCUT2D eigenvalue weighted by Gasteiger charge is -2.19. The van der Waals surface area contributed by atoms with Crippen LogP contribution in [-0.2, 0) is 6.54 Å². The predicted molar refractivity (Wildman–Crippen MR) is 78.1 cm³/mol. The molecule has 104 valence electrons. The molecule has 0 saturated heterocycles. The second-order valence-corrected chi connectivity index (χ2v) is 4.72. The molecule has 0 heterocycles. The Bertz CT molecular complexity index is 568. The Morgan fingerprint density at radius 2 is 1.85 bits per heavy atom. The van der Waals surface area contributed by atoms with E-state index >= 15 is 0 Å². The van der Waals surface area contributed by atoms with Gasteiger partial charge in [-0.25, -0.2) is 4.39 Å². The first-order chi connectivity index (χ1) is 9.69. The summed E-state index contributed by atoms with van der Waals surface area (Å²) in [4.78, 5) is 14.2. The van der Waals surface area contributed by atoms with Crippen molar-refractivity contribution >= 4 is 5.78 Å². The molecule has 0 aliphatic heterocycles. The Hall–Kier alpha value is -2.00. The largest absolute Gasteiger partial charge is 0.293 e. The number of hydrogen-bond acceptors (Lipinski definition) is 2. The molecular weight excluding hydrogens is 253 g/mol. The standard InChI is InChI=1S/C17H18FNO/c1-2-19(12-14-7-4-3-5-8-14)13-17(20)15-9-6-10-16(18)11-15/h3-11H,2,12-13H2,1H3. The molecule has 2 nitrogen and oxygen atoms in total. The van der Waals surface area contributed by atoms with E-state index in [4.69, 9.17) is 0 Å². The molecule has 2 aromatic carbocycles. The smallest absolute Gasteiger partial charge is 0.176 e. The van der Waals surface area contributed by atoms with Crippen LogP contribution in [0, 0.1) is 5.82 Å². The number of hydrogen-bond donors (Lipinski definition) is 0. The quantitative estimate of drug-likeness (QED) is 0.749. The van der Waals surface area contributed by atoms with E-state index in [0.29, 0.717) is 12.1 Å². The highest BCUT2D eigenvalue weighted by Gasteiger charge is 2.12. The van der Waals surface area contributed by atoms with Gasteiger partial charge < -0.3 is 0 Å². The Morgan fingerprint density at radius 3 is 2.50 bits per heavy atom. The van der Waals surface area contributed by atoms with E-state index in [0.717, 1.165) is 13.1 Å². The monoisotopic (exact) mass is 271 g/mol. The molecule has 0 radical (unpaired) electrons. The van der Waals surface area contributed by atoms with Crippen molar-refractivity contribution in [2.75, 3.05) is 13.1 Å². The fourth-order valence-corrected chi connectivity index (χ4v) is 2.08. The third kappa shape index (κ3) is 4.00. The minimum atomic E-state index is -0.373. The highest BCUT2D eigenvalue weighted by molar-refractivity contribution is 5.97. The average Bonchev–Trinajstić information content (AvgIpc) is 2.47. The van der Waals surface area contributed by atoms with Gasteiger partial charge in [-0.15, -0.1) is 0 Å². The molecule has 0 aliphatic carbocycles. The second kappa shape index (κ2) is 6.96. The van der Waals surface area contributed by atoms with Crippen LogP contribution in [0.25, 0.3) is 0 Å². The van der Waals surface area contributed by atoms with Gasteiger partial charge in [-0.05, 0) is 24.2 Å². The molecule has 0 aliphatic rings. The molecular formula is C17H18FNO. The van der Waals surface area contributed by atoms with E-state index < -0.39 is 0 Å². The fourth-order valence-electron chi connectivity index (χ4n) is 2.08. The van der Waals surface area contributed by atoms with Crippen LogP contribution in [0.4, 0.5) is 4.39 Å². The number of nitrogens with zero attached hydrogens (tertiary/aromatic N) is 1. The SMILES string of the molecule is CCN(CC(=O)c1cccc(F)c1)Cc1ccccc1. The van der Waals surface area contributed by atoms with Crippen LogP contribution >= 0.6 is 0 Å². The van der Waals surface area contributed by atoms with Crippen LogP contribution in [0.1, 0.15) is 22.8 Å². The summed E-state index contributed by atoms with van der Waals surface area (Å²) < 4.78 is 13.1. The first kappa shape index (κ1) is 14.4. The van der Waals surface area contributed by atoms with E-state index in [1.807, 2.05) is 42.2 Å². The van der Waals surface area contributed by atoms with Crippen molar-refractivity contribution in [2.24, 2.45) is 0 Å². The van der Waals surface area contributed by atoms with Crippen molar-refractivity contribution in [1.82, 2.24) is 4.90 Å². The van der Waals surface area contributed by atoms with Gasteiger partial charge in [0.1, 0.15) is 5.82 Å². The van der Waals surface area contributed by atoms with E-state index in [1.165, 1.54) is 17.7 Å². The van der Waals surface area contributed by atoms with Gasteiger partial charge >= 0.3 is 0 Å². The molecule has 3 heteroatoms. The summed E-state index contributed by atoms with van der Waals surface area (Å²) in [6.45, 7) is 3.81. The van der Waals surface area contributed by atoms with Gasteiger partial charge in [-0.1, -0.05) is 49.4 Å². The Labute approximate surface area is 118 Å². The van der Waals surface area contributed by atoms with Gasteiger partial charge in [-0.2, -0.15) is 0 Å². The Balaban J connectivity index is 2.01. The number of Topliss-reactive ketones (excluding diaryl/α,β-unsaturated/α-hetero) is 1. The molecule has 0 saturated carbocycles. The van der Waals surface area contributed by atoms with Crippen molar-refractivity contribution in [3.8, 4) is 0 Å². The molecule has 0 unspecified atom stereocenters. The zero-order valence-corrected chi connectivity index (χ0v) is 11.6. The summed E-state index contributed by atoms with van der Waals surface area (Å²) in [7, 11) is 0. The number of carbonyl (C=O) groups is 1. The molecule has 0 N–H and O–H groups in total. The molecule has 20 heavy (non-hydrogen) atoms. The second-order valence-electron chi connectivity index (χ2n) is 4.72. The number of benzene rings is 2. The lowest BCUT2D eigenvalue weighted by molar-refractivity contribution is 0.0929. The van der Waals surface area contributed by atoms with Gasteiger partial charge in [0.15, 0.2) is 5.78 Å². The first-order valence-corrected chi connectivity index (χ1v) is 6.74. The predicted octanol–water partition coefficient (Wildman–Crippen LogP) is 3.53. The molecule has 0 bridgehead atoms. The summed E-state index contributed by atoms with van der Waals surface area (Å²) >= 11 is 0. The van der Waals surface area contributed by atoms with E-state index in [2.05, 4.69) is 0 Å². The van der Waals surface area contributed by atoms with Crippen molar-refractivity contribution in [2.45, 2.75) is 13.5 Å². The van der Waals surface area contributed by atoms with Gasteiger partial charge in [0, 0.05) is 12.1 Å². The Morgan fingerprint density at radius 1 is 1.10 bits per heavy atom. The van der Waals surface area contributed by atoms with Crippen molar-refractivity contribution in [3.05, 3.63) is 71.5 Å². The molecule has 0 spiro atoms. The minimum absolute atomic E-state index is 0.0534. The molecule has 0 atom stereocenters. The van der Waals surface area contributed by atoms with Crippen LogP contribution in [0.3, 0.4) is 0 Å². The Kier molecular flexibility index (Phi) is 5.02. The molecule has 2 aromatic rings. The number of carbonyl (C=O) groups excluding carboxylic acids is 1. The molecule has 0 amide bonds. The van der Waals surface area contributed by atoms with Gasteiger partial charge in [0.05, 0.1) is 6.54 Å². The highest BCUT2D eigenvalue weighted by atomic mass is 19.1. The van der Waals surface area contributed by atoms with Crippen LogP contribution in [-0.4, -0.2) is 23.8 Å². The molecule has 0 fully saturated rings. The topological polar surface area (TPSA) is 20.3 Å². The van der Waals surface area contributed by atoms with Gasteiger partial charge in [-0.3, -0.25) is 9.69 Å².